The molecule has 0 unspecified atom stereocenters. The summed E-state index contributed by atoms with van der Waals surface area (Å²) in [6.07, 6.45) is 3.04. The minimum atomic E-state index is -0.830. The Balaban J connectivity index is 1.88. The van der Waals surface area contributed by atoms with E-state index in [0.717, 1.165) is 4.90 Å². The summed E-state index contributed by atoms with van der Waals surface area (Å²) < 4.78 is 20.7. The zero-order valence-corrected chi connectivity index (χ0v) is 18.8. The Morgan fingerprint density at radius 3 is 2.44 bits per heavy atom. The van der Waals surface area contributed by atoms with Gasteiger partial charge in [-0.05, 0) is 56.3 Å². The molecule has 2 heterocycles. The standard InChI is InChI=1S/C24H23FN6O3/c1-13(2)30-11-17(20-22(26)28-12-29-23(20)30)21(32)14-4-9-19(34-3)18(10-14)31(24(27)33)16-7-5-15(25)6-8-16/h4-13H,1-3H3,(H2,27,33)(H2,26,28,29). The van der Waals surface area contributed by atoms with Crippen LogP contribution in [0.15, 0.2) is 55.0 Å². The van der Waals surface area contributed by atoms with Gasteiger partial charge in [0.05, 0.1) is 29.4 Å². The van der Waals surface area contributed by atoms with Crippen molar-refractivity contribution in [3.05, 3.63) is 71.9 Å². The van der Waals surface area contributed by atoms with Crippen LogP contribution in [-0.2, 0) is 0 Å². The van der Waals surface area contributed by atoms with Crippen LogP contribution in [0.1, 0.15) is 35.8 Å². The first-order valence-corrected chi connectivity index (χ1v) is 10.4. The van der Waals surface area contributed by atoms with Crippen LogP contribution in [0.2, 0.25) is 0 Å². The molecule has 34 heavy (non-hydrogen) atoms. The molecule has 0 aliphatic rings. The molecule has 0 radical (unpaired) electrons. The molecule has 4 aromatic rings. The number of carbonyl (C=O) groups excluding carboxylic acids is 2. The first-order valence-electron chi connectivity index (χ1n) is 10.4. The number of primary amides is 1. The number of carbonyl (C=O) groups is 2. The Bertz CT molecular complexity index is 1400. The molecule has 174 valence electrons. The molecule has 0 saturated heterocycles. The summed E-state index contributed by atoms with van der Waals surface area (Å²) in [5, 5.41) is 0.448. The van der Waals surface area contributed by atoms with E-state index in [1.807, 2.05) is 18.4 Å². The first-order chi connectivity index (χ1) is 16.2. The summed E-state index contributed by atoms with van der Waals surface area (Å²) in [6, 6.07) is 9.04. The topological polar surface area (TPSA) is 129 Å². The van der Waals surface area contributed by atoms with Crippen molar-refractivity contribution < 1.29 is 18.7 Å². The molecular weight excluding hydrogens is 439 g/mol. The molecule has 4 rings (SSSR count). The molecule has 9 nitrogen and oxygen atoms in total. The molecule has 0 spiro atoms. The lowest BCUT2D eigenvalue weighted by Gasteiger charge is -2.23. The number of hydrogen-bond donors (Lipinski definition) is 2. The number of benzene rings is 2. The van der Waals surface area contributed by atoms with Gasteiger partial charge in [0.25, 0.3) is 0 Å². The van der Waals surface area contributed by atoms with E-state index in [4.69, 9.17) is 16.2 Å². The van der Waals surface area contributed by atoms with E-state index in [2.05, 4.69) is 9.97 Å². The summed E-state index contributed by atoms with van der Waals surface area (Å²) in [5.41, 5.74) is 13.4. The molecular formula is C24H23FN6O3. The molecule has 0 bridgehead atoms. The molecule has 2 aromatic heterocycles. The summed E-state index contributed by atoms with van der Waals surface area (Å²) in [6.45, 7) is 3.93. The first kappa shape index (κ1) is 22.7. The van der Waals surface area contributed by atoms with Crippen LogP contribution in [0.4, 0.5) is 26.4 Å². The number of anilines is 3. The number of methoxy groups -OCH3 is 1. The number of nitrogens with zero attached hydrogens (tertiary/aromatic N) is 4. The van der Waals surface area contributed by atoms with Crippen molar-refractivity contribution >= 4 is 40.0 Å². The Morgan fingerprint density at radius 2 is 1.82 bits per heavy atom. The molecule has 0 aliphatic carbocycles. The quantitative estimate of drug-likeness (QED) is 0.413. The van der Waals surface area contributed by atoms with Crippen LogP contribution < -0.4 is 21.1 Å². The van der Waals surface area contributed by atoms with Crippen LogP contribution in [0.3, 0.4) is 0 Å². The third-order valence-corrected chi connectivity index (χ3v) is 5.43. The third kappa shape index (κ3) is 3.90. The largest absolute Gasteiger partial charge is 0.495 e. The second kappa shape index (κ2) is 8.81. The third-order valence-electron chi connectivity index (χ3n) is 5.43. The van der Waals surface area contributed by atoms with E-state index in [0.29, 0.717) is 28.0 Å². The summed E-state index contributed by atoms with van der Waals surface area (Å²) in [7, 11) is 1.43. The number of nitrogen functional groups attached to an aromatic ring is 1. The molecule has 0 saturated carbocycles. The van der Waals surface area contributed by atoms with Gasteiger partial charge in [-0.1, -0.05) is 0 Å². The molecule has 0 fully saturated rings. The maximum atomic E-state index is 13.6. The van der Waals surface area contributed by atoms with Gasteiger partial charge in [0.1, 0.15) is 29.4 Å². The minimum absolute atomic E-state index is 0.0219. The number of fused-ring (bicyclic) bond motifs is 1. The molecule has 0 aliphatic heterocycles. The highest BCUT2D eigenvalue weighted by Gasteiger charge is 2.25. The van der Waals surface area contributed by atoms with Gasteiger partial charge >= 0.3 is 6.03 Å². The van der Waals surface area contributed by atoms with Crippen molar-refractivity contribution in [2.24, 2.45) is 5.73 Å². The van der Waals surface area contributed by atoms with Crippen LogP contribution in [-0.4, -0.2) is 33.5 Å². The number of halogens is 1. The van der Waals surface area contributed by atoms with Crippen LogP contribution in [0.25, 0.3) is 11.0 Å². The predicted octanol–water partition coefficient (Wildman–Crippen LogP) is 4.19. The number of amides is 2. The zero-order chi connectivity index (χ0) is 24.6. The Hall–Kier alpha value is -4.47. The monoisotopic (exact) mass is 462 g/mol. The van der Waals surface area contributed by atoms with Crippen LogP contribution in [0.5, 0.6) is 5.75 Å². The predicted molar refractivity (Wildman–Crippen MR) is 127 cm³/mol. The van der Waals surface area contributed by atoms with Crippen LogP contribution in [0, 0.1) is 5.82 Å². The van der Waals surface area contributed by atoms with Gasteiger partial charge in [-0.15, -0.1) is 0 Å². The second-order valence-corrected chi connectivity index (χ2v) is 7.87. The van der Waals surface area contributed by atoms with Crippen molar-refractivity contribution in [3.63, 3.8) is 0 Å². The van der Waals surface area contributed by atoms with Crippen molar-refractivity contribution in [2.75, 3.05) is 17.7 Å². The smallest absolute Gasteiger partial charge is 0.324 e. The number of aromatic nitrogens is 3. The van der Waals surface area contributed by atoms with Gasteiger partial charge in [0, 0.05) is 17.8 Å². The van der Waals surface area contributed by atoms with Gasteiger partial charge in [0.2, 0.25) is 0 Å². The number of urea groups is 1. The SMILES string of the molecule is COc1ccc(C(=O)c2cn(C(C)C)c3ncnc(N)c23)cc1N(C(N)=O)c1ccc(F)cc1. The van der Waals surface area contributed by atoms with Gasteiger partial charge in [-0.2, -0.15) is 0 Å². The van der Waals surface area contributed by atoms with Crippen molar-refractivity contribution in [3.8, 4) is 5.75 Å². The number of nitrogens with two attached hydrogens (primary N) is 2. The maximum absolute atomic E-state index is 13.6. The molecule has 0 atom stereocenters. The fraction of sp³-hybridized carbons (Fsp3) is 0.167. The van der Waals surface area contributed by atoms with Crippen molar-refractivity contribution in [1.82, 2.24) is 14.5 Å². The average molecular weight is 462 g/mol. The van der Waals surface area contributed by atoms with E-state index >= 15 is 0 Å². The average Bonchev–Trinajstić information content (AvgIpc) is 3.21. The number of rotatable bonds is 6. The number of hydrogen-bond acceptors (Lipinski definition) is 6. The van der Waals surface area contributed by atoms with Crippen LogP contribution >= 0.6 is 0 Å². The van der Waals surface area contributed by atoms with Gasteiger partial charge < -0.3 is 20.8 Å². The van der Waals surface area contributed by atoms with Crippen molar-refractivity contribution in [1.29, 1.82) is 0 Å². The van der Waals surface area contributed by atoms with Crippen molar-refractivity contribution in [2.45, 2.75) is 19.9 Å². The molecule has 4 N–H and O–H groups in total. The number of ether oxygens (including phenoxy) is 1. The van der Waals surface area contributed by atoms with E-state index in [9.17, 15) is 14.0 Å². The second-order valence-electron chi connectivity index (χ2n) is 7.87. The lowest BCUT2D eigenvalue weighted by Crippen LogP contribution is -2.32. The minimum Gasteiger partial charge on any atom is -0.495 e. The fourth-order valence-corrected chi connectivity index (χ4v) is 3.81. The van der Waals surface area contributed by atoms with Gasteiger partial charge in [0.15, 0.2) is 5.78 Å². The lowest BCUT2D eigenvalue weighted by molar-refractivity contribution is 0.104. The fourth-order valence-electron chi connectivity index (χ4n) is 3.81. The summed E-state index contributed by atoms with van der Waals surface area (Å²) in [4.78, 5) is 35.5. The van der Waals surface area contributed by atoms with E-state index < -0.39 is 11.8 Å². The van der Waals surface area contributed by atoms with E-state index in [-0.39, 0.29) is 28.9 Å². The highest BCUT2D eigenvalue weighted by molar-refractivity contribution is 6.18. The van der Waals surface area contributed by atoms with Gasteiger partial charge in [-0.3, -0.25) is 9.69 Å². The molecule has 2 aromatic carbocycles. The summed E-state index contributed by atoms with van der Waals surface area (Å²) in [5.74, 6) is -0.331. The molecule has 10 heteroatoms. The Morgan fingerprint density at radius 1 is 1.12 bits per heavy atom. The zero-order valence-electron chi connectivity index (χ0n) is 18.8. The molecule has 2 amide bonds. The Kier molecular flexibility index (Phi) is 5.89. The number of ketones is 1. The normalized spacial score (nSPS) is 11.1. The lowest BCUT2D eigenvalue weighted by atomic mass is 10.0. The maximum Gasteiger partial charge on any atom is 0.324 e. The highest BCUT2D eigenvalue weighted by atomic mass is 19.1. The Labute approximate surface area is 194 Å². The van der Waals surface area contributed by atoms with E-state index in [1.54, 1.807) is 18.3 Å². The highest BCUT2D eigenvalue weighted by Crippen LogP contribution is 2.36. The summed E-state index contributed by atoms with van der Waals surface area (Å²) >= 11 is 0. The van der Waals surface area contributed by atoms with E-state index in [1.165, 1.54) is 43.8 Å². The van der Waals surface area contributed by atoms with Gasteiger partial charge in [-0.25, -0.2) is 19.2 Å².